The first-order chi connectivity index (χ1) is 14.3. The molecule has 0 radical (unpaired) electrons. The monoisotopic (exact) mass is 442 g/mol. The fourth-order valence-electron chi connectivity index (χ4n) is 4.98. The number of sulfonamides is 1. The largest absolute Gasteiger partial charge is 0.385 e. The van der Waals surface area contributed by atoms with Crippen molar-refractivity contribution in [2.45, 2.75) is 23.3 Å². The summed E-state index contributed by atoms with van der Waals surface area (Å²) in [5.74, 6) is 0.119. The third-order valence-corrected chi connectivity index (χ3v) is 8.45. The van der Waals surface area contributed by atoms with E-state index in [0.29, 0.717) is 36.5 Å². The summed E-state index contributed by atoms with van der Waals surface area (Å²) in [5, 5.41) is 28.7. The van der Waals surface area contributed by atoms with E-state index in [2.05, 4.69) is 10.2 Å². The van der Waals surface area contributed by atoms with Gasteiger partial charge >= 0.3 is 0 Å². The SMILES string of the molecule is N#Cc1ccc(S(=O)(=O)N2C[C@@H]3C[C@@](O)(c4cc(Cl)cc5[nH]ncc45)C[C@@H]3C2)cc1. The molecule has 0 bridgehead atoms. The second-order valence-electron chi connectivity index (χ2n) is 8.20. The van der Waals surface area contributed by atoms with E-state index in [9.17, 15) is 13.5 Å². The Bertz CT molecular complexity index is 1270. The van der Waals surface area contributed by atoms with Crippen LogP contribution < -0.4 is 0 Å². The molecule has 2 aliphatic rings. The van der Waals surface area contributed by atoms with Crippen LogP contribution >= 0.6 is 11.6 Å². The maximum Gasteiger partial charge on any atom is 0.243 e. The number of nitrogens with zero attached hydrogens (tertiary/aromatic N) is 3. The number of fused-ring (bicyclic) bond motifs is 2. The molecule has 0 amide bonds. The van der Waals surface area contributed by atoms with Crippen molar-refractivity contribution >= 4 is 32.5 Å². The molecular weight excluding hydrogens is 424 g/mol. The Labute approximate surface area is 178 Å². The van der Waals surface area contributed by atoms with Gasteiger partial charge in [-0.05, 0) is 66.6 Å². The Hall–Kier alpha value is -2.44. The van der Waals surface area contributed by atoms with Crippen molar-refractivity contribution in [3.8, 4) is 6.07 Å². The maximum atomic E-state index is 13.0. The summed E-state index contributed by atoms with van der Waals surface area (Å²) in [5.41, 5.74) is 0.874. The molecule has 1 saturated carbocycles. The van der Waals surface area contributed by atoms with E-state index < -0.39 is 15.6 Å². The summed E-state index contributed by atoms with van der Waals surface area (Å²) in [6, 6.07) is 11.5. The normalized spacial score (nSPS) is 26.7. The predicted molar refractivity (Wildman–Crippen MR) is 111 cm³/mol. The number of nitrogens with one attached hydrogen (secondary N) is 1. The Morgan fingerprint density at radius 1 is 1.20 bits per heavy atom. The van der Waals surface area contributed by atoms with Crippen molar-refractivity contribution in [3.05, 3.63) is 58.7 Å². The standard InChI is InChI=1S/C21H19ClN4O3S/c22-16-5-19(18-10-24-25-20(18)6-16)21(27)7-14-11-26(12-15(14)8-21)30(28,29)17-3-1-13(9-23)2-4-17/h1-6,10,14-15,27H,7-8,11-12H2,(H,24,25)/t14-,15+,21-. The lowest BCUT2D eigenvalue weighted by Crippen LogP contribution is -2.32. The third kappa shape index (κ3) is 3.01. The van der Waals surface area contributed by atoms with Crippen LogP contribution in [0.3, 0.4) is 0 Å². The topological polar surface area (TPSA) is 110 Å². The van der Waals surface area contributed by atoms with Gasteiger partial charge in [-0.15, -0.1) is 0 Å². The van der Waals surface area contributed by atoms with Gasteiger partial charge in [0.2, 0.25) is 10.0 Å². The quantitative estimate of drug-likeness (QED) is 0.647. The molecule has 30 heavy (non-hydrogen) atoms. The van der Waals surface area contributed by atoms with Crippen LogP contribution in [-0.4, -0.2) is 41.1 Å². The van der Waals surface area contributed by atoms with Gasteiger partial charge in [0.05, 0.1) is 33.8 Å². The number of hydrogen-bond donors (Lipinski definition) is 2. The summed E-state index contributed by atoms with van der Waals surface area (Å²) in [7, 11) is -3.63. The van der Waals surface area contributed by atoms with Gasteiger partial charge < -0.3 is 5.11 Å². The fraction of sp³-hybridized carbons (Fsp3) is 0.333. The molecule has 2 fully saturated rings. The summed E-state index contributed by atoms with van der Waals surface area (Å²) in [6.45, 7) is 0.731. The molecule has 2 heterocycles. The van der Waals surface area contributed by atoms with Crippen LogP contribution in [0.1, 0.15) is 24.0 Å². The van der Waals surface area contributed by atoms with Crippen LogP contribution in [0, 0.1) is 23.2 Å². The molecule has 2 aromatic carbocycles. The number of benzene rings is 2. The third-order valence-electron chi connectivity index (χ3n) is 6.39. The van der Waals surface area contributed by atoms with Crippen LogP contribution in [0.5, 0.6) is 0 Å². The van der Waals surface area contributed by atoms with Gasteiger partial charge in [0.1, 0.15) is 0 Å². The Morgan fingerprint density at radius 3 is 2.50 bits per heavy atom. The zero-order chi connectivity index (χ0) is 21.1. The average Bonchev–Trinajstić information content (AvgIpc) is 3.41. The number of aliphatic hydroxyl groups is 1. The van der Waals surface area contributed by atoms with E-state index in [1.807, 2.05) is 6.07 Å². The van der Waals surface area contributed by atoms with E-state index in [0.717, 1.165) is 16.5 Å². The van der Waals surface area contributed by atoms with Gasteiger partial charge in [-0.1, -0.05) is 11.6 Å². The number of rotatable bonds is 3. The highest BCUT2D eigenvalue weighted by molar-refractivity contribution is 7.89. The van der Waals surface area contributed by atoms with E-state index >= 15 is 0 Å². The van der Waals surface area contributed by atoms with Gasteiger partial charge in [-0.3, -0.25) is 5.10 Å². The minimum atomic E-state index is -3.63. The van der Waals surface area contributed by atoms with Crippen LogP contribution in [0.25, 0.3) is 10.9 Å². The van der Waals surface area contributed by atoms with Crippen molar-refractivity contribution < 1.29 is 13.5 Å². The first-order valence-electron chi connectivity index (χ1n) is 9.66. The highest BCUT2D eigenvalue weighted by Crippen LogP contribution is 2.51. The Balaban J connectivity index is 1.39. The van der Waals surface area contributed by atoms with Crippen molar-refractivity contribution in [1.29, 1.82) is 5.26 Å². The molecule has 3 atom stereocenters. The number of H-pyrrole nitrogens is 1. The number of halogens is 1. The minimum Gasteiger partial charge on any atom is -0.385 e. The first kappa shape index (κ1) is 19.5. The van der Waals surface area contributed by atoms with Gasteiger partial charge in [-0.2, -0.15) is 14.7 Å². The fourth-order valence-corrected chi connectivity index (χ4v) is 6.75. The van der Waals surface area contributed by atoms with E-state index in [4.69, 9.17) is 16.9 Å². The molecule has 0 unspecified atom stereocenters. The van der Waals surface area contributed by atoms with E-state index in [-0.39, 0.29) is 16.7 Å². The second kappa shape index (κ2) is 6.79. The average molecular weight is 443 g/mol. The molecular formula is C21H19ClN4O3S. The van der Waals surface area contributed by atoms with Gasteiger partial charge in [0.15, 0.2) is 0 Å². The van der Waals surface area contributed by atoms with E-state index in [1.165, 1.54) is 28.6 Å². The molecule has 3 aromatic rings. The molecule has 154 valence electrons. The van der Waals surface area contributed by atoms with E-state index in [1.54, 1.807) is 18.3 Å². The Morgan fingerprint density at radius 2 is 1.87 bits per heavy atom. The van der Waals surface area contributed by atoms with Gasteiger partial charge in [0, 0.05) is 23.5 Å². The zero-order valence-electron chi connectivity index (χ0n) is 15.9. The molecule has 1 aliphatic carbocycles. The predicted octanol–water partition coefficient (Wildman–Crippen LogP) is 3.01. The van der Waals surface area contributed by atoms with Crippen molar-refractivity contribution in [1.82, 2.24) is 14.5 Å². The smallest absolute Gasteiger partial charge is 0.243 e. The van der Waals surface area contributed by atoms with Crippen LogP contribution in [0.4, 0.5) is 0 Å². The number of aromatic amines is 1. The lowest BCUT2D eigenvalue weighted by atomic mass is 9.88. The van der Waals surface area contributed by atoms with Gasteiger partial charge in [-0.25, -0.2) is 8.42 Å². The molecule has 7 nitrogen and oxygen atoms in total. The van der Waals surface area contributed by atoms with Crippen molar-refractivity contribution in [2.75, 3.05) is 13.1 Å². The lowest BCUT2D eigenvalue weighted by Gasteiger charge is -2.27. The number of aromatic nitrogens is 2. The molecule has 5 rings (SSSR count). The summed E-state index contributed by atoms with van der Waals surface area (Å²) in [4.78, 5) is 0.187. The van der Waals surface area contributed by atoms with Gasteiger partial charge in [0.25, 0.3) is 0 Å². The van der Waals surface area contributed by atoms with Crippen LogP contribution in [0.2, 0.25) is 5.02 Å². The van der Waals surface area contributed by atoms with Crippen LogP contribution in [-0.2, 0) is 15.6 Å². The highest BCUT2D eigenvalue weighted by Gasteiger charge is 2.51. The molecule has 2 N–H and O–H groups in total. The Kier molecular flexibility index (Phi) is 4.42. The van der Waals surface area contributed by atoms with Crippen molar-refractivity contribution in [3.63, 3.8) is 0 Å². The maximum absolute atomic E-state index is 13.0. The summed E-state index contributed by atoms with van der Waals surface area (Å²) in [6.07, 6.45) is 2.63. The number of nitriles is 1. The summed E-state index contributed by atoms with van der Waals surface area (Å²) < 4.78 is 27.6. The second-order valence-corrected chi connectivity index (χ2v) is 10.6. The van der Waals surface area contributed by atoms with Crippen molar-refractivity contribution in [2.24, 2.45) is 11.8 Å². The van der Waals surface area contributed by atoms with Crippen LogP contribution in [0.15, 0.2) is 47.5 Å². The molecule has 1 saturated heterocycles. The molecule has 1 aromatic heterocycles. The summed E-state index contributed by atoms with van der Waals surface area (Å²) >= 11 is 6.25. The minimum absolute atomic E-state index is 0.0593. The number of hydrogen-bond acceptors (Lipinski definition) is 5. The molecule has 9 heteroatoms. The lowest BCUT2D eigenvalue weighted by molar-refractivity contribution is 0.0353. The molecule has 1 aliphatic heterocycles. The zero-order valence-corrected chi connectivity index (χ0v) is 17.5. The first-order valence-corrected chi connectivity index (χ1v) is 11.5. The highest BCUT2D eigenvalue weighted by atomic mass is 35.5. The molecule has 0 spiro atoms.